The summed E-state index contributed by atoms with van der Waals surface area (Å²) in [7, 11) is 0. The van der Waals surface area contributed by atoms with Crippen LogP contribution in [0.25, 0.3) is 0 Å². The molecule has 0 radical (unpaired) electrons. The first-order valence-corrected chi connectivity index (χ1v) is 3.42. The summed E-state index contributed by atoms with van der Waals surface area (Å²) in [6, 6.07) is 9.88. The van der Waals surface area contributed by atoms with Crippen molar-refractivity contribution in [2.24, 2.45) is 4.99 Å². The third kappa shape index (κ3) is 2.76. The predicted molar refractivity (Wildman–Crippen MR) is 44.7 cm³/mol. The zero-order chi connectivity index (χ0) is 7.94. The normalized spacial score (nSPS) is 10.2. The van der Waals surface area contributed by atoms with Gasteiger partial charge in [-0.2, -0.15) is 0 Å². The quantitative estimate of drug-likeness (QED) is 0.470. The van der Waals surface area contributed by atoms with Crippen molar-refractivity contribution >= 4 is 12.6 Å². The lowest BCUT2D eigenvalue weighted by Gasteiger charge is -1.91. The van der Waals surface area contributed by atoms with Crippen LogP contribution in [0.2, 0.25) is 0 Å². The largest absolute Gasteiger partial charge is 0.276 e. The van der Waals surface area contributed by atoms with E-state index in [9.17, 15) is 4.79 Å². The highest BCUT2D eigenvalue weighted by Gasteiger charge is 1.84. The Morgan fingerprint density at radius 2 is 2.00 bits per heavy atom. The molecule has 0 unspecified atom stereocenters. The fourth-order valence-corrected chi connectivity index (χ4v) is 0.815. The molecule has 0 atom stereocenters. The number of amides is 1. The van der Waals surface area contributed by atoms with Crippen LogP contribution in [0, 0.1) is 0 Å². The van der Waals surface area contributed by atoms with Crippen molar-refractivity contribution in [3.63, 3.8) is 0 Å². The van der Waals surface area contributed by atoms with Crippen molar-refractivity contribution < 1.29 is 4.79 Å². The average molecular weight is 147 g/mol. The van der Waals surface area contributed by atoms with Crippen LogP contribution in [0.1, 0.15) is 5.56 Å². The second kappa shape index (κ2) is 4.39. The molecule has 1 amide bonds. The predicted octanol–water partition coefficient (Wildman–Crippen LogP) is 1.46. The molecule has 0 bridgehead atoms. The van der Waals surface area contributed by atoms with Crippen LogP contribution in [-0.2, 0) is 11.2 Å². The van der Waals surface area contributed by atoms with Gasteiger partial charge in [-0.05, 0) is 5.56 Å². The highest BCUT2D eigenvalue weighted by Crippen LogP contribution is 1.96. The Balaban J connectivity index is 2.51. The van der Waals surface area contributed by atoms with E-state index in [-0.39, 0.29) is 0 Å². The van der Waals surface area contributed by atoms with E-state index in [2.05, 4.69) is 4.99 Å². The number of carbonyl (C=O) groups is 1. The van der Waals surface area contributed by atoms with Crippen molar-refractivity contribution in [3.05, 3.63) is 35.9 Å². The Hall–Kier alpha value is -1.44. The SMILES string of the molecule is O=CN=CCc1ccccc1. The molecule has 0 aliphatic rings. The standard InChI is InChI=1S/C9H9NO/c11-8-10-7-6-9-4-2-1-3-5-9/h1-5,7-8H,6H2. The van der Waals surface area contributed by atoms with Crippen LogP contribution >= 0.6 is 0 Å². The van der Waals surface area contributed by atoms with E-state index in [0.717, 1.165) is 12.0 Å². The van der Waals surface area contributed by atoms with Crippen molar-refractivity contribution in [1.82, 2.24) is 0 Å². The summed E-state index contributed by atoms with van der Waals surface area (Å²) < 4.78 is 0. The Labute approximate surface area is 65.6 Å². The zero-order valence-corrected chi connectivity index (χ0v) is 6.10. The van der Waals surface area contributed by atoms with E-state index in [4.69, 9.17) is 0 Å². The number of nitrogens with zero attached hydrogens (tertiary/aromatic N) is 1. The lowest BCUT2D eigenvalue weighted by Crippen LogP contribution is -1.84. The van der Waals surface area contributed by atoms with Gasteiger partial charge in [0.05, 0.1) is 0 Å². The number of benzene rings is 1. The highest BCUT2D eigenvalue weighted by molar-refractivity contribution is 5.71. The first-order chi connectivity index (χ1) is 5.43. The van der Waals surface area contributed by atoms with E-state index in [1.807, 2.05) is 30.3 Å². The van der Waals surface area contributed by atoms with Crippen molar-refractivity contribution in [2.45, 2.75) is 6.42 Å². The molecule has 0 N–H and O–H groups in total. The van der Waals surface area contributed by atoms with Gasteiger partial charge in [0.15, 0.2) is 0 Å². The Bertz CT molecular complexity index is 241. The summed E-state index contributed by atoms with van der Waals surface area (Å²) in [5, 5.41) is 0. The zero-order valence-electron chi connectivity index (χ0n) is 6.10. The smallest absolute Gasteiger partial charge is 0.232 e. The van der Waals surface area contributed by atoms with Crippen LogP contribution in [0.5, 0.6) is 0 Å². The number of hydrogen-bond acceptors (Lipinski definition) is 1. The van der Waals surface area contributed by atoms with E-state index >= 15 is 0 Å². The van der Waals surface area contributed by atoms with Gasteiger partial charge in [-0.1, -0.05) is 30.3 Å². The maximum Gasteiger partial charge on any atom is 0.232 e. The molecule has 0 saturated heterocycles. The Morgan fingerprint density at radius 1 is 1.27 bits per heavy atom. The molecule has 0 spiro atoms. The van der Waals surface area contributed by atoms with E-state index in [1.165, 1.54) is 0 Å². The van der Waals surface area contributed by atoms with E-state index in [0.29, 0.717) is 6.41 Å². The fraction of sp³-hybridized carbons (Fsp3) is 0.111. The van der Waals surface area contributed by atoms with Gasteiger partial charge >= 0.3 is 0 Å². The molecule has 2 heteroatoms. The van der Waals surface area contributed by atoms with Crippen molar-refractivity contribution in [2.75, 3.05) is 0 Å². The highest BCUT2D eigenvalue weighted by atomic mass is 16.1. The first-order valence-electron chi connectivity index (χ1n) is 3.42. The molecule has 2 nitrogen and oxygen atoms in total. The summed E-state index contributed by atoms with van der Waals surface area (Å²) in [5.41, 5.74) is 1.16. The van der Waals surface area contributed by atoms with Gasteiger partial charge in [-0.25, -0.2) is 4.99 Å². The van der Waals surface area contributed by atoms with E-state index in [1.54, 1.807) is 6.21 Å². The topological polar surface area (TPSA) is 29.4 Å². The maximum atomic E-state index is 9.80. The lowest BCUT2D eigenvalue weighted by molar-refractivity contribution is -0.106. The molecule has 1 rings (SSSR count). The molecule has 1 aromatic carbocycles. The van der Waals surface area contributed by atoms with Gasteiger partial charge in [0.1, 0.15) is 0 Å². The summed E-state index contributed by atoms with van der Waals surface area (Å²) in [5.74, 6) is 0. The van der Waals surface area contributed by atoms with Crippen LogP contribution in [-0.4, -0.2) is 12.6 Å². The van der Waals surface area contributed by atoms with Gasteiger partial charge in [-0.3, -0.25) is 4.79 Å². The minimum Gasteiger partial charge on any atom is -0.276 e. The molecule has 11 heavy (non-hydrogen) atoms. The van der Waals surface area contributed by atoms with Gasteiger partial charge in [0, 0.05) is 12.6 Å². The minimum atomic E-state index is 0.545. The van der Waals surface area contributed by atoms with Crippen molar-refractivity contribution in [3.8, 4) is 0 Å². The van der Waals surface area contributed by atoms with Crippen LogP contribution in [0.4, 0.5) is 0 Å². The summed E-state index contributed by atoms with van der Waals surface area (Å²) in [6.45, 7) is 0. The van der Waals surface area contributed by atoms with Gasteiger partial charge < -0.3 is 0 Å². The lowest BCUT2D eigenvalue weighted by atomic mass is 10.2. The molecule has 1 aromatic rings. The third-order valence-corrected chi connectivity index (χ3v) is 1.34. The number of aliphatic imine (C=N–C) groups is 1. The molecule has 0 fully saturated rings. The van der Waals surface area contributed by atoms with Crippen LogP contribution < -0.4 is 0 Å². The van der Waals surface area contributed by atoms with Gasteiger partial charge in [-0.15, -0.1) is 0 Å². The van der Waals surface area contributed by atoms with Gasteiger partial charge in [0.25, 0.3) is 0 Å². The maximum absolute atomic E-state index is 9.80. The molecule has 0 heterocycles. The Kier molecular flexibility index (Phi) is 3.06. The van der Waals surface area contributed by atoms with Crippen LogP contribution in [0.3, 0.4) is 0 Å². The molecular weight excluding hydrogens is 138 g/mol. The fourth-order valence-electron chi connectivity index (χ4n) is 0.815. The minimum absolute atomic E-state index is 0.545. The summed E-state index contributed by atoms with van der Waals surface area (Å²) in [4.78, 5) is 13.3. The Morgan fingerprint density at radius 3 is 2.64 bits per heavy atom. The van der Waals surface area contributed by atoms with Crippen molar-refractivity contribution in [1.29, 1.82) is 0 Å². The number of hydrogen-bond donors (Lipinski definition) is 0. The number of rotatable bonds is 3. The second-order valence-corrected chi connectivity index (χ2v) is 2.13. The molecule has 0 aliphatic heterocycles. The number of carbonyl (C=O) groups excluding carboxylic acids is 1. The first kappa shape index (κ1) is 7.66. The molecule has 0 saturated carbocycles. The molecule has 0 aliphatic carbocycles. The summed E-state index contributed by atoms with van der Waals surface area (Å²) >= 11 is 0. The third-order valence-electron chi connectivity index (χ3n) is 1.34. The van der Waals surface area contributed by atoms with Crippen LogP contribution in [0.15, 0.2) is 35.3 Å². The molecule has 56 valence electrons. The van der Waals surface area contributed by atoms with Gasteiger partial charge in [0.2, 0.25) is 6.41 Å². The summed E-state index contributed by atoms with van der Waals surface area (Å²) in [6.07, 6.45) is 2.87. The van der Waals surface area contributed by atoms with E-state index < -0.39 is 0 Å². The average Bonchev–Trinajstić information content (AvgIpc) is 2.07. The molecule has 0 aromatic heterocycles. The molecular formula is C9H9NO. The monoisotopic (exact) mass is 147 g/mol. The second-order valence-electron chi connectivity index (χ2n) is 2.13.